The molecule has 1 atom stereocenters. The predicted octanol–water partition coefficient (Wildman–Crippen LogP) is 4.36. The fourth-order valence-electron chi connectivity index (χ4n) is 3.86. The number of sulfonamides is 1. The third-order valence-electron chi connectivity index (χ3n) is 5.88. The highest BCUT2D eigenvalue weighted by Gasteiger charge is 2.33. The van der Waals surface area contributed by atoms with Crippen molar-refractivity contribution in [2.24, 2.45) is 0 Å². The van der Waals surface area contributed by atoms with Crippen LogP contribution in [0.4, 0.5) is 10.1 Å². The van der Waals surface area contributed by atoms with Gasteiger partial charge in [0.05, 0.1) is 17.7 Å². The van der Waals surface area contributed by atoms with Crippen LogP contribution in [-0.2, 0) is 26.2 Å². The summed E-state index contributed by atoms with van der Waals surface area (Å²) in [5, 5.41) is 2.86. The predicted molar refractivity (Wildman–Crippen MR) is 148 cm³/mol. The first-order valence-electron chi connectivity index (χ1n) is 12.4. The minimum Gasteiger partial charge on any atom is -0.497 e. The number of hydrogen-bond acceptors (Lipinski definition) is 5. The molecule has 0 saturated carbocycles. The molecule has 39 heavy (non-hydrogen) atoms. The minimum atomic E-state index is -4.18. The topological polar surface area (TPSA) is 96.0 Å². The molecule has 0 spiro atoms. The normalized spacial score (nSPS) is 12.4. The smallest absolute Gasteiger partial charge is 0.264 e. The molecular formula is C29H34FN3O5S. The average molecular weight is 556 g/mol. The van der Waals surface area contributed by atoms with E-state index in [9.17, 15) is 22.4 Å². The van der Waals surface area contributed by atoms with Gasteiger partial charge in [0.1, 0.15) is 24.2 Å². The highest BCUT2D eigenvalue weighted by atomic mass is 32.2. The Morgan fingerprint density at radius 3 is 2.21 bits per heavy atom. The molecule has 208 valence electrons. The maximum atomic E-state index is 13.9. The molecule has 8 nitrogen and oxygen atoms in total. The molecule has 0 unspecified atom stereocenters. The number of ether oxygens (including phenoxy) is 1. The molecule has 3 aromatic carbocycles. The van der Waals surface area contributed by atoms with E-state index >= 15 is 0 Å². The highest BCUT2D eigenvalue weighted by molar-refractivity contribution is 7.92. The van der Waals surface area contributed by atoms with Gasteiger partial charge in [0.15, 0.2) is 0 Å². The number of methoxy groups -OCH3 is 1. The van der Waals surface area contributed by atoms with Gasteiger partial charge in [-0.25, -0.2) is 12.8 Å². The maximum absolute atomic E-state index is 13.9. The molecule has 0 aliphatic heterocycles. The van der Waals surface area contributed by atoms with Crippen molar-refractivity contribution in [2.45, 2.75) is 50.7 Å². The van der Waals surface area contributed by atoms with Gasteiger partial charge >= 0.3 is 0 Å². The SMILES string of the molecule is COc1cccc(N(CC(=O)N(Cc2ccc(F)cc2)[C@H](C)C(=O)NC(C)(C)C)S(=O)(=O)c2ccccc2)c1. The lowest BCUT2D eigenvalue weighted by Gasteiger charge is -2.33. The lowest BCUT2D eigenvalue weighted by atomic mass is 10.1. The average Bonchev–Trinajstić information content (AvgIpc) is 2.90. The third-order valence-corrected chi connectivity index (χ3v) is 7.67. The third kappa shape index (κ3) is 7.79. The van der Waals surface area contributed by atoms with Gasteiger partial charge in [-0.05, 0) is 69.7 Å². The Labute approximate surface area is 229 Å². The molecule has 0 aromatic heterocycles. The van der Waals surface area contributed by atoms with Crippen molar-refractivity contribution >= 4 is 27.5 Å². The summed E-state index contributed by atoms with van der Waals surface area (Å²) in [6.07, 6.45) is 0. The highest BCUT2D eigenvalue weighted by Crippen LogP contribution is 2.27. The molecule has 2 amide bonds. The number of nitrogens with one attached hydrogen (secondary N) is 1. The van der Waals surface area contributed by atoms with Gasteiger partial charge in [-0.3, -0.25) is 13.9 Å². The van der Waals surface area contributed by atoms with Crippen molar-refractivity contribution in [3.8, 4) is 5.75 Å². The van der Waals surface area contributed by atoms with Crippen LogP contribution in [-0.4, -0.2) is 50.4 Å². The Morgan fingerprint density at radius 1 is 0.974 bits per heavy atom. The number of rotatable bonds is 10. The summed E-state index contributed by atoms with van der Waals surface area (Å²) < 4.78 is 47.4. The summed E-state index contributed by atoms with van der Waals surface area (Å²) in [6.45, 7) is 6.42. The van der Waals surface area contributed by atoms with Crippen molar-refractivity contribution in [3.63, 3.8) is 0 Å². The van der Waals surface area contributed by atoms with Gasteiger partial charge in [0.2, 0.25) is 11.8 Å². The van der Waals surface area contributed by atoms with Gasteiger partial charge in [-0.15, -0.1) is 0 Å². The molecule has 0 aliphatic carbocycles. The standard InChI is InChI=1S/C29H34FN3O5S/c1-21(28(35)31-29(2,3)4)32(19-22-14-16-23(30)17-15-22)27(34)20-33(24-10-9-11-25(18-24)38-5)39(36,37)26-12-7-6-8-13-26/h6-18,21H,19-20H2,1-5H3,(H,31,35)/t21-/m1/s1. The first kappa shape index (κ1) is 29.6. The summed E-state index contributed by atoms with van der Waals surface area (Å²) in [5.74, 6) is -1.04. The van der Waals surface area contributed by atoms with Crippen molar-refractivity contribution in [1.29, 1.82) is 0 Å². The van der Waals surface area contributed by atoms with E-state index in [2.05, 4.69) is 5.32 Å². The van der Waals surface area contributed by atoms with Crippen LogP contribution in [0.2, 0.25) is 0 Å². The summed E-state index contributed by atoms with van der Waals surface area (Å²) in [4.78, 5) is 28.3. The number of anilines is 1. The first-order valence-corrected chi connectivity index (χ1v) is 13.8. The van der Waals surface area contributed by atoms with Crippen LogP contribution < -0.4 is 14.4 Å². The van der Waals surface area contributed by atoms with Crippen molar-refractivity contribution in [3.05, 3.63) is 90.2 Å². The Bertz CT molecular complexity index is 1390. The van der Waals surface area contributed by atoms with Gasteiger partial charge in [-0.2, -0.15) is 0 Å². The molecule has 0 fully saturated rings. The van der Waals surface area contributed by atoms with Gasteiger partial charge < -0.3 is 15.0 Å². The molecule has 0 radical (unpaired) electrons. The molecule has 3 aromatic rings. The van der Waals surface area contributed by atoms with E-state index in [1.54, 1.807) is 43.3 Å². The molecule has 10 heteroatoms. The number of benzene rings is 3. The van der Waals surface area contributed by atoms with Crippen molar-refractivity contribution in [1.82, 2.24) is 10.2 Å². The Hall–Kier alpha value is -3.92. The molecule has 1 N–H and O–H groups in total. The quantitative estimate of drug-likeness (QED) is 0.401. The van der Waals surface area contributed by atoms with E-state index in [1.807, 2.05) is 20.8 Å². The van der Waals surface area contributed by atoms with E-state index in [-0.39, 0.29) is 17.1 Å². The first-order chi connectivity index (χ1) is 18.3. The van der Waals surface area contributed by atoms with Gasteiger partial charge in [0, 0.05) is 18.2 Å². The van der Waals surface area contributed by atoms with Crippen LogP contribution in [0.1, 0.15) is 33.3 Å². The number of halogens is 1. The van der Waals surface area contributed by atoms with Crippen LogP contribution >= 0.6 is 0 Å². The summed E-state index contributed by atoms with van der Waals surface area (Å²) >= 11 is 0. The lowest BCUT2D eigenvalue weighted by molar-refractivity contribution is -0.140. The van der Waals surface area contributed by atoms with Crippen LogP contribution in [0.5, 0.6) is 5.75 Å². The van der Waals surface area contributed by atoms with E-state index in [0.717, 1.165) is 4.31 Å². The molecule has 0 bridgehead atoms. The number of nitrogens with zero attached hydrogens (tertiary/aromatic N) is 2. The van der Waals surface area contributed by atoms with E-state index in [1.165, 1.54) is 54.5 Å². The fraction of sp³-hybridized carbons (Fsp3) is 0.310. The molecule has 0 saturated heterocycles. The van der Waals surface area contributed by atoms with Crippen LogP contribution in [0, 0.1) is 5.82 Å². The molecular weight excluding hydrogens is 521 g/mol. The molecule has 3 rings (SSSR count). The van der Waals surface area contributed by atoms with Gasteiger partial charge in [-0.1, -0.05) is 36.4 Å². The fourth-order valence-corrected chi connectivity index (χ4v) is 5.28. The summed E-state index contributed by atoms with van der Waals surface area (Å²) in [7, 11) is -2.72. The number of amides is 2. The van der Waals surface area contributed by atoms with Crippen LogP contribution in [0.25, 0.3) is 0 Å². The second kappa shape index (κ2) is 12.3. The Morgan fingerprint density at radius 2 is 1.62 bits per heavy atom. The largest absolute Gasteiger partial charge is 0.497 e. The molecule has 0 aliphatic rings. The van der Waals surface area contributed by atoms with Gasteiger partial charge in [0.25, 0.3) is 10.0 Å². The second-order valence-electron chi connectivity index (χ2n) is 10.1. The zero-order valence-electron chi connectivity index (χ0n) is 22.7. The zero-order valence-corrected chi connectivity index (χ0v) is 23.5. The van der Waals surface area contributed by atoms with Crippen LogP contribution in [0.3, 0.4) is 0 Å². The van der Waals surface area contributed by atoms with E-state index < -0.39 is 45.8 Å². The van der Waals surface area contributed by atoms with Crippen molar-refractivity contribution < 1.29 is 27.1 Å². The number of carbonyl (C=O) groups is 2. The summed E-state index contributed by atoms with van der Waals surface area (Å²) in [6, 6.07) is 18.8. The number of hydrogen-bond donors (Lipinski definition) is 1. The Balaban J connectivity index is 2.04. The van der Waals surface area contributed by atoms with E-state index in [0.29, 0.717) is 11.3 Å². The minimum absolute atomic E-state index is 0.00392. The zero-order chi connectivity index (χ0) is 28.8. The maximum Gasteiger partial charge on any atom is 0.264 e. The number of carbonyl (C=O) groups excluding carboxylic acids is 2. The second-order valence-corrected chi connectivity index (χ2v) is 12.0. The van der Waals surface area contributed by atoms with Crippen LogP contribution in [0.15, 0.2) is 83.8 Å². The van der Waals surface area contributed by atoms with Crippen molar-refractivity contribution in [2.75, 3.05) is 18.0 Å². The summed E-state index contributed by atoms with van der Waals surface area (Å²) in [5.41, 5.74) is 0.248. The molecule has 0 heterocycles. The Kier molecular flexibility index (Phi) is 9.34. The monoisotopic (exact) mass is 555 g/mol. The van der Waals surface area contributed by atoms with E-state index in [4.69, 9.17) is 4.74 Å². The lowest BCUT2D eigenvalue weighted by Crippen LogP contribution is -2.54.